The fourth-order valence-corrected chi connectivity index (χ4v) is 3.28. The van der Waals surface area contributed by atoms with Gasteiger partial charge in [0.25, 0.3) is 0 Å². The van der Waals surface area contributed by atoms with Crippen molar-refractivity contribution in [2.45, 2.75) is 50.0 Å². The van der Waals surface area contributed by atoms with Crippen LogP contribution < -0.4 is 0 Å². The molecule has 0 aromatic heterocycles. The Labute approximate surface area is 130 Å². The fourth-order valence-electron chi connectivity index (χ4n) is 3.28. The SMILES string of the molecule is CO[C@@H]1C[C@H](OCc2ccccc2)[C@H]2COC1(CCCF)O2. The fraction of sp³-hybridized carbons (Fsp3) is 0.647. The van der Waals surface area contributed by atoms with Crippen LogP contribution in [-0.2, 0) is 25.6 Å². The van der Waals surface area contributed by atoms with E-state index in [4.69, 9.17) is 18.9 Å². The Morgan fingerprint density at radius 1 is 1.32 bits per heavy atom. The number of halogens is 1. The van der Waals surface area contributed by atoms with Crippen LogP contribution in [0.4, 0.5) is 4.39 Å². The van der Waals surface area contributed by atoms with Gasteiger partial charge in [0.2, 0.25) is 0 Å². The first kappa shape index (κ1) is 15.9. The summed E-state index contributed by atoms with van der Waals surface area (Å²) >= 11 is 0. The number of ether oxygens (including phenoxy) is 4. The van der Waals surface area contributed by atoms with E-state index in [-0.39, 0.29) is 25.0 Å². The molecule has 0 aliphatic carbocycles. The molecule has 2 fully saturated rings. The van der Waals surface area contributed by atoms with Crippen molar-refractivity contribution in [3.63, 3.8) is 0 Å². The van der Waals surface area contributed by atoms with Crippen molar-refractivity contribution in [1.82, 2.24) is 0 Å². The van der Waals surface area contributed by atoms with Crippen LogP contribution in [-0.4, -0.2) is 44.5 Å². The highest BCUT2D eigenvalue weighted by atomic mass is 19.1. The van der Waals surface area contributed by atoms with Gasteiger partial charge in [-0.05, 0) is 12.0 Å². The zero-order chi connectivity index (χ0) is 15.4. The number of benzene rings is 1. The first-order chi connectivity index (χ1) is 10.8. The second-order valence-electron chi connectivity index (χ2n) is 5.87. The van der Waals surface area contributed by atoms with Crippen molar-refractivity contribution in [2.75, 3.05) is 20.4 Å². The molecule has 1 unspecified atom stereocenters. The van der Waals surface area contributed by atoms with Crippen LogP contribution in [0.1, 0.15) is 24.8 Å². The third-order valence-corrected chi connectivity index (χ3v) is 4.44. The molecule has 2 saturated heterocycles. The van der Waals surface area contributed by atoms with Gasteiger partial charge in [-0.15, -0.1) is 0 Å². The highest BCUT2D eigenvalue weighted by Gasteiger charge is 2.55. The minimum absolute atomic E-state index is 0.0637. The second-order valence-corrected chi connectivity index (χ2v) is 5.87. The molecule has 1 aromatic carbocycles. The lowest BCUT2D eigenvalue weighted by atomic mass is 9.94. The maximum atomic E-state index is 12.5. The molecular formula is C17H23FO4. The van der Waals surface area contributed by atoms with Crippen LogP contribution in [0.25, 0.3) is 0 Å². The monoisotopic (exact) mass is 310 g/mol. The van der Waals surface area contributed by atoms with Crippen molar-refractivity contribution in [1.29, 1.82) is 0 Å². The topological polar surface area (TPSA) is 36.9 Å². The molecule has 0 amide bonds. The summed E-state index contributed by atoms with van der Waals surface area (Å²) in [7, 11) is 1.64. The molecule has 2 aliphatic rings. The van der Waals surface area contributed by atoms with Crippen molar-refractivity contribution >= 4 is 0 Å². The molecule has 0 radical (unpaired) electrons. The summed E-state index contributed by atoms with van der Waals surface area (Å²) in [5, 5.41) is 0. The Bertz CT molecular complexity index is 469. The largest absolute Gasteiger partial charge is 0.376 e. The Kier molecular flexibility index (Phi) is 5.08. The van der Waals surface area contributed by atoms with E-state index in [0.29, 0.717) is 32.5 Å². The third-order valence-electron chi connectivity index (χ3n) is 4.44. The van der Waals surface area contributed by atoms with E-state index in [2.05, 4.69) is 0 Å². The number of alkyl halides is 1. The predicted molar refractivity (Wildman–Crippen MR) is 79.2 cm³/mol. The zero-order valence-electron chi connectivity index (χ0n) is 12.9. The number of rotatable bonds is 7. The Morgan fingerprint density at radius 3 is 2.86 bits per heavy atom. The van der Waals surface area contributed by atoms with Crippen molar-refractivity contribution in [3.05, 3.63) is 35.9 Å². The molecule has 2 aliphatic heterocycles. The number of hydrogen-bond donors (Lipinski definition) is 0. The van der Waals surface area contributed by atoms with Crippen molar-refractivity contribution in [3.8, 4) is 0 Å². The van der Waals surface area contributed by atoms with Crippen LogP contribution in [0.2, 0.25) is 0 Å². The summed E-state index contributed by atoms with van der Waals surface area (Å²) in [4.78, 5) is 0. The van der Waals surface area contributed by atoms with E-state index < -0.39 is 5.79 Å². The normalized spacial score (nSPS) is 34.0. The first-order valence-corrected chi connectivity index (χ1v) is 7.83. The summed E-state index contributed by atoms with van der Waals surface area (Å²) in [6.07, 6.45) is 1.26. The average Bonchev–Trinajstić information content (AvgIpc) is 2.94. The minimum atomic E-state index is -0.794. The molecular weight excluding hydrogens is 287 g/mol. The average molecular weight is 310 g/mol. The summed E-state index contributed by atoms with van der Waals surface area (Å²) in [6, 6.07) is 10.0. The van der Waals surface area contributed by atoms with E-state index in [9.17, 15) is 4.39 Å². The van der Waals surface area contributed by atoms with Crippen LogP contribution in [0.5, 0.6) is 0 Å². The third kappa shape index (κ3) is 3.18. The van der Waals surface area contributed by atoms with Gasteiger partial charge in [-0.25, -0.2) is 0 Å². The molecule has 1 aromatic rings. The molecule has 22 heavy (non-hydrogen) atoms. The molecule has 2 heterocycles. The Balaban J connectivity index is 1.62. The maximum Gasteiger partial charge on any atom is 0.195 e. The van der Waals surface area contributed by atoms with Gasteiger partial charge in [0.05, 0.1) is 26.0 Å². The van der Waals surface area contributed by atoms with Gasteiger partial charge in [0.15, 0.2) is 5.79 Å². The minimum Gasteiger partial charge on any atom is -0.376 e. The highest BCUT2D eigenvalue weighted by molar-refractivity contribution is 5.13. The molecule has 0 N–H and O–H groups in total. The van der Waals surface area contributed by atoms with Crippen LogP contribution in [0.3, 0.4) is 0 Å². The molecule has 0 saturated carbocycles. The van der Waals surface area contributed by atoms with E-state index in [1.165, 1.54) is 0 Å². The predicted octanol–water partition coefficient (Wildman–Crippen LogP) is 2.85. The molecule has 3 rings (SSSR count). The second kappa shape index (κ2) is 7.04. The van der Waals surface area contributed by atoms with Gasteiger partial charge in [-0.3, -0.25) is 4.39 Å². The lowest BCUT2D eigenvalue weighted by molar-refractivity contribution is -0.277. The first-order valence-electron chi connectivity index (χ1n) is 7.83. The van der Waals surface area contributed by atoms with Gasteiger partial charge in [-0.1, -0.05) is 30.3 Å². The van der Waals surface area contributed by atoms with Crippen LogP contribution >= 0.6 is 0 Å². The quantitative estimate of drug-likeness (QED) is 0.776. The number of hydrogen-bond acceptors (Lipinski definition) is 4. The van der Waals surface area contributed by atoms with E-state index >= 15 is 0 Å². The van der Waals surface area contributed by atoms with Gasteiger partial charge >= 0.3 is 0 Å². The Hall–Kier alpha value is -1.01. The van der Waals surface area contributed by atoms with Gasteiger partial charge < -0.3 is 18.9 Å². The summed E-state index contributed by atoms with van der Waals surface area (Å²) in [6.45, 7) is 0.647. The highest BCUT2D eigenvalue weighted by Crippen LogP contribution is 2.42. The molecule has 0 spiro atoms. The number of methoxy groups -OCH3 is 1. The van der Waals surface area contributed by atoms with E-state index in [0.717, 1.165) is 5.56 Å². The van der Waals surface area contributed by atoms with Crippen molar-refractivity contribution in [2.24, 2.45) is 0 Å². The van der Waals surface area contributed by atoms with Gasteiger partial charge in [0, 0.05) is 20.0 Å². The Morgan fingerprint density at radius 2 is 2.14 bits per heavy atom. The smallest absolute Gasteiger partial charge is 0.195 e. The molecule has 4 nitrogen and oxygen atoms in total. The van der Waals surface area contributed by atoms with Gasteiger partial charge in [0.1, 0.15) is 12.2 Å². The van der Waals surface area contributed by atoms with E-state index in [1.807, 2.05) is 30.3 Å². The lowest BCUT2D eigenvalue weighted by Gasteiger charge is -2.41. The van der Waals surface area contributed by atoms with Crippen LogP contribution in [0.15, 0.2) is 30.3 Å². The zero-order valence-corrected chi connectivity index (χ0v) is 12.9. The molecule has 2 bridgehead atoms. The summed E-state index contributed by atoms with van der Waals surface area (Å²) < 4.78 is 36.0. The number of fused-ring (bicyclic) bond motifs is 2. The molecule has 122 valence electrons. The summed E-state index contributed by atoms with van der Waals surface area (Å²) in [5.41, 5.74) is 1.13. The standard InChI is InChI=1S/C17H23FO4/c1-19-16-10-14(20-11-13-6-3-2-4-7-13)15-12-21-17(16,22-15)8-5-9-18/h2-4,6-7,14-16H,5,8-12H2,1H3/t14-,15+,16+,17?/m0/s1. The van der Waals surface area contributed by atoms with E-state index in [1.54, 1.807) is 7.11 Å². The molecule has 5 heteroatoms. The van der Waals surface area contributed by atoms with Gasteiger partial charge in [-0.2, -0.15) is 0 Å². The summed E-state index contributed by atoms with van der Waals surface area (Å²) in [5.74, 6) is -0.794. The molecule has 4 atom stereocenters. The van der Waals surface area contributed by atoms with Crippen LogP contribution in [0, 0.1) is 0 Å². The maximum absolute atomic E-state index is 12.5. The lowest BCUT2D eigenvalue weighted by Crippen LogP contribution is -2.53. The van der Waals surface area contributed by atoms with Crippen molar-refractivity contribution < 1.29 is 23.3 Å².